The van der Waals surface area contributed by atoms with Gasteiger partial charge >= 0.3 is 0 Å². The van der Waals surface area contributed by atoms with Crippen molar-refractivity contribution < 1.29 is 19.5 Å². The highest BCUT2D eigenvalue weighted by molar-refractivity contribution is 8.02. The highest BCUT2D eigenvalue weighted by atomic mass is 32.2. The second-order valence-electron chi connectivity index (χ2n) is 9.90. The van der Waals surface area contributed by atoms with E-state index in [2.05, 4.69) is 17.6 Å². The van der Waals surface area contributed by atoms with Crippen molar-refractivity contribution in [2.24, 2.45) is 11.8 Å². The summed E-state index contributed by atoms with van der Waals surface area (Å²) in [5, 5.41) is 14.9. The summed E-state index contributed by atoms with van der Waals surface area (Å²) in [6, 6.07) is -0.560. The summed E-state index contributed by atoms with van der Waals surface area (Å²) >= 11 is 1.69. The Morgan fingerprint density at radius 1 is 1.21 bits per heavy atom. The fourth-order valence-corrected chi connectivity index (χ4v) is 7.89. The SMILES string of the molecule is CNC(=O)[C@H]1[C@H]2C(=O)N(CCCCCO)C(C(=O)NC(C)(C)C)C23CC[C@]1(C)S3. The van der Waals surface area contributed by atoms with Gasteiger partial charge < -0.3 is 20.6 Å². The molecule has 164 valence electrons. The molecular formula is C21H35N3O4S. The van der Waals surface area contributed by atoms with E-state index >= 15 is 0 Å². The van der Waals surface area contributed by atoms with E-state index < -0.39 is 28.2 Å². The lowest BCUT2D eigenvalue weighted by Crippen LogP contribution is -2.57. The minimum Gasteiger partial charge on any atom is -0.396 e. The number of carbonyl (C=O) groups excluding carboxylic acids is 3. The van der Waals surface area contributed by atoms with E-state index in [0.29, 0.717) is 13.0 Å². The molecule has 0 aromatic heterocycles. The molecule has 0 aromatic rings. The van der Waals surface area contributed by atoms with E-state index in [4.69, 9.17) is 5.11 Å². The number of aliphatic hydroxyl groups excluding tert-OH is 1. The number of unbranched alkanes of at least 4 members (excludes halogenated alkanes) is 2. The lowest BCUT2D eigenvalue weighted by atomic mass is 9.66. The minimum atomic E-state index is -0.560. The topological polar surface area (TPSA) is 98.7 Å². The Labute approximate surface area is 177 Å². The summed E-state index contributed by atoms with van der Waals surface area (Å²) in [7, 11) is 1.62. The monoisotopic (exact) mass is 425 g/mol. The van der Waals surface area contributed by atoms with Crippen LogP contribution >= 0.6 is 11.8 Å². The normalized spacial score (nSPS) is 35.7. The van der Waals surface area contributed by atoms with Crippen molar-refractivity contribution in [2.75, 3.05) is 20.2 Å². The van der Waals surface area contributed by atoms with Gasteiger partial charge in [0.1, 0.15) is 6.04 Å². The van der Waals surface area contributed by atoms with Crippen LogP contribution < -0.4 is 10.6 Å². The van der Waals surface area contributed by atoms with Crippen LogP contribution in [0.1, 0.15) is 59.8 Å². The van der Waals surface area contributed by atoms with E-state index in [0.717, 1.165) is 25.7 Å². The van der Waals surface area contributed by atoms with Crippen molar-refractivity contribution in [3.63, 3.8) is 0 Å². The van der Waals surface area contributed by atoms with Gasteiger partial charge in [0.15, 0.2) is 0 Å². The first kappa shape index (κ1) is 22.4. The number of hydrogen-bond acceptors (Lipinski definition) is 5. The zero-order valence-corrected chi connectivity index (χ0v) is 19.0. The first-order valence-electron chi connectivity index (χ1n) is 10.7. The number of rotatable bonds is 7. The third kappa shape index (κ3) is 3.67. The van der Waals surface area contributed by atoms with Crippen LogP contribution in [0.4, 0.5) is 0 Å². The zero-order chi connectivity index (χ0) is 21.6. The predicted octanol–water partition coefficient (Wildman–Crippen LogP) is 1.29. The van der Waals surface area contributed by atoms with Gasteiger partial charge in [-0.1, -0.05) is 0 Å². The molecule has 3 amide bonds. The molecular weight excluding hydrogens is 390 g/mol. The Morgan fingerprint density at radius 2 is 1.90 bits per heavy atom. The average Bonchev–Trinajstić information content (AvgIpc) is 3.18. The van der Waals surface area contributed by atoms with Gasteiger partial charge in [0.2, 0.25) is 17.7 Å². The van der Waals surface area contributed by atoms with Crippen molar-refractivity contribution in [3.05, 3.63) is 0 Å². The molecule has 5 atom stereocenters. The number of thioether (sulfide) groups is 1. The fraction of sp³-hybridized carbons (Fsp3) is 0.857. The van der Waals surface area contributed by atoms with Crippen LogP contribution in [0.2, 0.25) is 0 Å². The lowest BCUT2D eigenvalue weighted by molar-refractivity contribution is -0.140. The molecule has 3 N–H and O–H groups in total. The summed E-state index contributed by atoms with van der Waals surface area (Å²) in [6.07, 6.45) is 3.82. The van der Waals surface area contributed by atoms with E-state index in [-0.39, 0.29) is 29.1 Å². The zero-order valence-electron chi connectivity index (χ0n) is 18.2. The Hall–Kier alpha value is -1.28. The molecule has 0 radical (unpaired) electrons. The molecule has 3 aliphatic rings. The van der Waals surface area contributed by atoms with E-state index in [1.807, 2.05) is 20.8 Å². The number of fused-ring (bicyclic) bond motifs is 1. The number of amides is 3. The summed E-state index contributed by atoms with van der Waals surface area (Å²) < 4.78 is -0.862. The van der Waals surface area contributed by atoms with E-state index in [1.54, 1.807) is 23.7 Å². The van der Waals surface area contributed by atoms with Crippen LogP contribution in [0.25, 0.3) is 0 Å². The third-order valence-corrected chi connectivity index (χ3v) is 8.59. The summed E-state index contributed by atoms with van der Waals surface area (Å²) in [6.45, 7) is 8.50. The first-order chi connectivity index (χ1) is 13.5. The Bertz CT molecular complexity index is 694. The highest BCUT2D eigenvalue weighted by Gasteiger charge is 2.76. The van der Waals surface area contributed by atoms with Gasteiger partial charge in [-0.15, -0.1) is 11.8 Å². The first-order valence-corrected chi connectivity index (χ1v) is 11.5. The molecule has 3 heterocycles. The van der Waals surface area contributed by atoms with E-state index in [1.165, 1.54) is 0 Å². The second kappa shape index (κ2) is 7.76. The smallest absolute Gasteiger partial charge is 0.244 e. The molecule has 0 saturated carbocycles. The molecule has 3 aliphatic heterocycles. The number of aliphatic hydroxyl groups is 1. The molecule has 3 saturated heterocycles. The van der Waals surface area contributed by atoms with Crippen molar-refractivity contribution in [1.29, 1.82) is 0 Å². The Morgan fingerprint density at radius 3 is 2.48 bits per heavy atom. The van der Waals surface area contributed by atoms with Gasteiger partial charge in [0.25, 0.3) is 0 Å². The molecule has 29 heavy (non-hydrogen) atoms. The molecule has 8 heteroatoms. The predicted molar refractivity (Wildman–Crippen MR) is 113 cm³/mol. The summed E-state index contributed by atoms with van der Waals surface area (Å²) in [5.74, 6) is -1.15. The van der Waals surface area contributed by atoms with Crippen molar-refractivity contribution in [2.45, 2.75) is 80.9 Å². The quantitative estimate of drug-likeness (QED) is 0.534. The summed E-state index contributed by atoms with van der Waals surface area (Å²) in [5.41, 5.74) is -0.400. The van der Waals surface area contributed by atoms with Crippen molar-refractivity contribution in [3.8, 4) is 0 Å². The number of nitrogens with zero attached hydrogens (tertiary/aromatic N) is 1. The Balaban J connectivity index is 1.97. The standard InChI is InChI=1S/C21H35N3O4S/c1-19(2,3)23-17(27)15-21-10-9-20(4,29-21)13(16(26)22-5)14(21)18(28)24(15)11-7-6-8-12-25/h13-15,25H,6-12H2,1-5H3,(H,22,26)(H,23,27)/t13-,14+,15?,20+,21?/m1/s1. The maximum Gasteiger partial charge on any atom is 0.244 e. The molecule has 1 spiro atoms. The maximum atomic E-state index is 13.6. The number of carbonyl (C=O) groups is 3. The fourth-order valence-electron chi connectivity index (χ4n) is 5.53. The van der Waals surface area contributed by atoms with Gasteiger partial charge in [0, 0.05) is 30.5 Å². The lowest BCUT2D eigenvalue weighted by Gasteiger charge is -2.36. The van der Waals surface area contributed by atoms with E-state index in [9.17, 15) is 14.4 Å². The Kier molecular flexibility index (Phi) is 6.00. The van der Waals surface area contributed by atoms with Crippen LogP contribution in [0.3, 0.4) is 0 Å². The largest absolute Gasteiger partial charge is 0.396 e. The molecule has 0 aliphatic carbocycles. The number of hydrogen-bond donors (Lipinski definition) is 3. The molecule has 3 fully saturated rings. The van der Waals surface area contributed by atoms with Crippen LogP contribution in [0, 0.1) is 11.8 Å². The highest BCUT2D eigenvalue weighted by Crippen LogP contribution is 2.71. The van der Waals surface area contributed by atoms with Gasteiger partial charge in [-0.05, 0) is 59.8 Å². The molecule has 3 rings (SSSR count). The molecule has 2 bridgehead atoms. The maximum absolute atomic E-state index is 13.6. The van der Waals surface area contributed by atoms with Crippen LogP contribution in [0.15, 0.2) is 0 Å². The average molecular weight is 426 g/mol. The molecule has 7 nitrogen and oxygen atoms in total. The number of nitrogens with one attached hydrogen (secondary N) is 2. The second-order valence-corrected chi connectivity index (χ2v) is 11.8. The minimum absolute atomic E-state index is 0.0624. The third-order valence-electron chi connectivity index (χ3n) is 6.61. The molecule has 0 aromatic carbocycles. The van der Waals surface area contributed by atoms with Gasteiger partial charge in [-0.3, -0.25) is 14.4 Å². The summed E-state index contributed by atoms with van der Waals surface area (Å²) in [4.78, 5) is 41.5. The van der Waals surface area contributed by atoms with Crippen molar-refractivity contribution >= 4 is 29.5 Å². The van der Waals surface area contributed by atoms with Crippen LogP contribution in [0.5, 0.6) is 0 Å². The molecule has 2 unspecified atom stereocenters. The van der Waals surface area contributed by atoms with Crippen LogP contribution in [-0.2, 0) is 14.4 Å². The van der Waals surface area contributed by atoms with Gasteiger partial charge in [-0.25, -0.2) is 0 Å². The van der Waals surface area contributed by atoms with Crippen molar-refractivity contribution in [1.82, 2.24) is 15.5 Å². The van der Waals surface area contributed by atoms with Gasteiger partial charge in [-0.2, -0.15) is 0 Å². The number of likely N-dealkylation sites (tertiary alicyclic amines) is 1. The van der Waals surface area contributed by atoms with Crippen LogP contribution in [-0.4, -0.2) is 69.0 Å². The van der Waals surface area contributed by atoms with Gasteiger partial charge in [0.05, 0.1) is 16.6 Å².